The number of carbonyl (C=O) groups excluding carboxylic acids is 2. The van der Waals surface area contributed by atoms with Gasteiger partial charge in [0.05, 0.1) is 25.9 Å². The SMILES string of the molecule is COC(=O)C1(Sc2ccc(C)cc2)CC(O)C(NC(=O)OC(C)(C)C)C([C@H](O)[C@H](O)CO)O1. The number of rotatable bonds is 7. The Morgan fingerprint density at radius 3 is 2.39 bits per heavy atom. The fraction of sp³-hybridized carbons (Fsp3) is 0.636. The second-order valence-corrected chi connectivity index (χ2v) is 10.3. The molecular weight excluding hydrogens is 454 g/mol. The zero-order chi connectivity index (χ0) is 25.0. The molecule has 0 aromatic heterocycles. The molecule has 1 fully saturated rings. The van der Waals surface area contributed by atoms with Crippen LogP contribution >= 0.6 is 11.8 Å². The number of amides is 1. The summed E-state index contributed by atoms with van der Waals surface area (Å²) in [6, 6.07) is 5.94. The number of aliphatic hydroxyl groups is 4. The number of hydrogen-bond donors (Lipinski definition) is 5. The lowest BCUT2D eigenvalue weighted by molar-refractivity contribution is -0.206. The number of benzene rings is 1. The summed E-state index contributed by atoms with van der Waals surface area (Å²) in [6.07, 6.45) is -7.48. The van der Waals surface area contributed by atoms with Gasteiger partial charge in [-0.1, -0.05) is 29.5 Å². The molecule has 0 saturated carbocycles. The Hall–Kier alpha value is -1.89. The molecule has 4 unspecified atom stereocenters. The molecule has 1 heterocycles. The van der Waals surface area contributed by atoms with Crippen molar-refractivity contribution in [2.45, 2.75) is 80.0 Å². The van der Waals surface area contributed by atoms with Crippen LogP contribution in [0.1, 0.15) is 32.8 Å². The Morgan fingerprint density at radius 2 is 1.88 bits per heavy atom. The van der Waals surface area contributed by atoms with Gasteiger partial charge in [0.1, 0.15) is 23.9 Å². The first-order valence-corrected chi connectivity index (χ1v) is 11.3. The van der Waals surface area contributed by atoms with Crippen LogP contribution in [0.5, 0.6) is 0 Å². The Bertz CT molecular complexity index is 813. The van der Waals surface area contributed by atoms with Crippen molar-refractivity contribution < 1.29 is 44.2 Å². The average molecular weight is 488 g/mol. The van der Waals surface area contributed by atoms with Gasteiger partial charge in [0, 0.05) is 11.3 Å². The Balaban J connectivity index is 2.42. The molecule has 33 heavy (non-hydrogen) atoms. The molecule has 5 N–H and O–H groups in total. The van der Waals surface area contributed by atoms with Crippen molar-refractivity contribution in [1.82, 2.24) is 5.32 Å². The molecule has 0 radical (unpaired) electrons. The predicted molar refractivity (Wildman–Crippen MR) is 120 cm³/mol. The van der Waals surface area contributed by atoms with E-state index in [-0.39, 0.29) is 6.42 Å². The van der Waals surface area contributed by atoms with Crippen LogP contribution in [0.3, 0.4) is 0 Å². The maximum absolute atomic E-state index is 12.8. The number of nitrogens with one attached hydrogen (secondary N) is 1. The molecule has 0 aliphatic carbocycles. The van der Waals surface area contributed by atoms with Crippen LogP contribution in [0, 0.1) is 6.92 Å². The minimum absolute atomic E-state index is 0.295. The summed E-state index contributed by atoms with van der Waals surface area (Å²) in [4.78, 5) is 24.0. The van der Waals surface area contributed by atoms with Crippen molar-refractivity contribution >= 4 is 23.8 Å². The van der Waals surface area contributed by atoms with E-state index in [0.29, 0.717) is 4.90 Å². The third kappa shape index (κ3) is 7.05. The second-order valence-electron chi connectivity index (χ2n) is 8.93. The van der Waals surface area contributed by atoms with E-state index in [9.17, 15) is 30.0 Å². The molecule has 2 rings (SSSR count). The molecular formula is C22H33NO9S. The minimum Gasteiger partial charge on any atom is -0.466 e. The minimum atomic E-state index is -1.80. The maximum Gasteiger partial charge on any atom is 0.408 e. The molecule has 1 saturated heterocycles. The molecule has 1 aromatic carbocycles. The standard InChI is InChI=1S/C22H33NO9S/c1-12-6-8-13(9-7-12)33-22(19(28)30-5)10-14(25)16(23-20(29)32-21(2,3)4)18(31-22)17(27)15(26)11-24/h6-9,14-18,24-27H,10-11H2,1-5H3,(H,23,29)/t14?,15-,16?,17-,18?,22?/m1/s1. The van der Waals surface area contributed by atoms with Gasteiger partial charge >= 0.3 is 12.1 Å². The van der Waals surface area contributed by atoms with Crippen molar-refractivity contribution in [3.05, 3.63) is 29.8 Å². The number of hydrogen-bond acceptors (Lipinski definition) is 10. The van der Waals surface area contributed by atoms with E-state index in [2.05, 4.69) is 5.32 Å². The lowest BCUT2D eigenvalue weighted by atomic mass is 9.90. The van der Waals surface area contributed by atoms with Crippen molar-refractivity contribution in [3.8, 4) is 0 Å². The second kappa shape index (κ2) is 11.0. The van der Waals surface area contributed by atoms with E-state index in [1.54, 1.807) is 32.9 Å². The lowest BCUT2D eigenvalue weighted by Crippen LogP contribution is -2.66. The number of methoxy groups -OCH3 is 1. The van der Waals surface area contributed by atoms with Crippen molar-refractivity contribution in [1.29, 1.82) is 0 Å². The smallest absolute Gasteiger partial charge is 0.408 e. The molecule has 11 heteroatoms. The zero-order valence-electron chi connectivity index (χ0n) is 19.3. The quantitative estimate of drug-likeness (QED) is 0.347. The first kappa shape index (κ1) is 27.4. The van der Waals surface area contributed by atoms with Gasteiger partial charge in [-0.15, -0.1) is 0 Å². The van der Waals surface area contributed by atoms with Gasteiger partial charge in [0.25, 0.3) is 0 Å². The largest absolute Gasteiger partial charge is 0.466 e. The summed E-state index contributed by atoms with van der Waals surface area (Å²) in [6.45, 7) is 6.06. The van der Waals surface area contributed by atoms with E-state index >= 15 is 0 Å². The third-order valence-electron chi connectivity index (χ3n) is 4.97. The highest BCUT2D eigenvalue weighted by Gasteiger charge is 2.56. The van der Waals surface area contributed by atoms with Crippen molar-refractivity contribution in [3.63, 3.8) is 0 Å². The van der Waals surface area contributed by atoms with Gasteiger partial charge in [0.2, 0.25) is 4.93 Å². The van der Waals surface area contributed by atoms with Crippen molar-refractivity contribution in [2.24, 2.45) is 0 Å². The molecule has 1 aromatic rings. The van der Waals surface area contributed by atoms with Crippen LogP contribution in [-0.2, 0) is 19.0 Å². The molecule has 0 spiro atoms. The van der Waals surface area contributed by atoms with E-state index in [1.165, 1.54) is 0 Å². The van der Waals surface area contributed by atoms with Crippen LogP contribution in [-0.4, -0.2) is 87.2 Å². The van der Waals surface area contributed by atoms with E-state index in [1.807, 2.05) is 19.1 Å². The molecule has 186 valence electrons. The number of thioether (sulfide) groups is 1. The number of alkyl carbamates (subject to hydrolysis) is 1. The topological polar surface area (TPSA) is 155 Å². The van der Waals surface area contributed by atoms with Gasteiger partial charge in [-0.25, -0.2) is 9.59 Å². The number of aryl methyl sites for hydroxylation is 1. The summed E-state index contributed by atoms with van der Waals surface area (Å²) < 4.78 is 16.2. The van der Waals surface area contributed by atoms with Crippen LogP contribution in [0.25, 0.3) is 0 Å². The molecule has 0 bridgehead atoms. The van der Waals surface area contributed by atoms with Gasteiger partial charge < -0.3 is 40.0 Å². The number of ether oxygens (including phenoxy) is 3. The highest BCUT2D eigenvalue weighted by molar-refractivity contribution is 8.01. The highest BCUT2D eigenvalue weighted by Crippen LogP contribution is 2.44. The van der Waals surface area contributed by atoms with Crippen LogP contribution in [0.4, 0.5) is 4.79 Å². The number of aliphatic hydroxyl groups excluding tert-OH is 4. The van der Waals surface area contributed by atoms with Gasteiger partial charge in [-0.05, 0) is 39.8 Å². The summed E-state index contributed by atoms with van der Waals surface area (Å²) in [7, 11) is 1.16. The normalized spacial score (nSPS) is 27.4. The van der Waals surface area contributed by atoms with Crippen LogP contribution in [0.2, 0.25) is 0 Å². The van der Waals surface area contributed by atoms with Crippen LogP contribution < -0.4 is 5.32 Å². The van der Waals surface area contributed by atoms with Crippen LogP contribution in [0.15, 0.2) is 29.2 Å². The number of esters is 1. The van der Waals surface area contributed by atoms with E-state index in [4.69, 9.17) is 14.2 Å². The molecule has 1 aliphatic rings. The third-order valence-corrected chi connectivity index (χ3v) is 6.24. The Kier molecular flexibility index (Phi) is 9.14. The first-order chi connectivity index (χ1) is 15.3. The molecule has 1 aliphatic heterocycles. The lowest BCUT2D eigenvalue weighted by Gasteiger charge is -2.47. The monoisotopic (exact) mass is 487 g/mol. The maximum atomic E-state index is 12.8. The summed E-state index contributed by atoms with van der Waals surface area (Å²) in [5.74, 6) is -0.821. The van der Waals surface area contributed by atoms with E-state index in [0.717, 1.165) is 24.4 Å². The fourth-order valence-corrected chi connectivity index (χ4v) is 4.62. The molecule has 6 atom stereocenters. The number of carbonyl (C=O) groups is 2. The van der Waals surface area contributed by atoms with Gasteiger partial charge in [0.15, 0.2) is 0 Å². The molecule has 10 nitrogen and oxygen atoms in total. The molecule has 1 amide bonds. The zero-order valence-corrected chi connectivity index (χ0v) is 20.2. The summed E-state index contributed by atoms with van der Waals surface area (Å²) in [5.41, 5.74) is 0.164. The average Bonchev–Trinajstić information content (AvgIpc) is 2.74. The van der Waals surface area contributed by atoms with E-state index < -0.39 is 59.7 Å². The van der Waals surface area contributed by atoms with Gasteiger partial charge in [-0.3, -0.25) is 0 Å². The first-order valence-electron chi connectivity index (χ1n) is 10.5. The van der Waals surface area contributed by atoms with Gasteiger partial charge in [-0.2, -0.15) is 0 Å². The summed E-state index contributed by atoms with van der Waals surface area (Å²) in [5, 5.41) is 43.5. The fourth-order valence-electron chi connectivity index (χ4n) is 3.38. The van der Waals surface area contributed by atoms with Crippen molar-refractivity contribution in [2.75, 3.05) is 13.7 Å². The Labute approximate surface area is 197 Å². The Morgan fingerprint density at radius 1 is 1.27 bits per heavy atom. The highest BCUT2D eigenvalue weighted by atomic mass is 32.2. The summed E-state index contributed by atoms with van der Waals surface area (Å²) >= 11 is 0.973. The predicted octanol–water partition coefficient (Wildman–Crippen LogP) is 0.714.